The Bertz CT molecular complexity index is 1440. The lowest BCUT2D eigenvalue weighted by Gasteiger charge is -2.25. The number of rotatable bonds is 17. The Morgan fingerprint density at radius 3 is 1.90 bits per heavy atom. The van der Waals surface area contributed by atoms with Crippen molar-refractivity contribution in [3.63, 3.8) is 0 Å². The van der Waals surface area contributed by atoms with Crippen molar-refractivity contribution in [3.8, 4) is 5.75 Å². The average molecular weight is 667 g/mol. The second-order valence-electron chi connectivity index (χ2n) is 11.6. The van der Waals surface area contributed by atoms with Gasteiger partial charge in [0.05, 0.1) is 18.8 Å². The molecule has 2 aliphatic rings. The van der Waals surface area contributed by atoms with Gasteiger partial charge in [0.25, 0.3) is 0 Å². The summed E-state index contributed by atoms with van der Waals surface area (Å²) in [7, 11) is 1.54. The standard InChI is InChI=1S/C36H42O12/c1-24(2)35(39)43-19-18-42-28-14-8-26(9-15-28)11-17-32(38)48-30-21-45-33-29(20-44-34(30)33)47-31(37)16-10-25-6-12-27(13-7-25)36(3,4)46-23-41-22-40-5/h6-17,29-30,33-34H,1,18-23H2,2-5H3/b16-10+,17-11+/t29?,30-,33-,34-/m1/s1. The molecule has 2 aliphatic heterocycles. The van der Waals surface area contributed by atoms with Gasteiger partial charge >= 0.3 is 17.9 Å². The van der Waals surface area contributed by atoms with Gasteiger partial charge in [0.15, 0.2) is 19.0 Å². The maximum Gasteiger partial charge on any atom is 0.333 e. The summed E-state index contributed by atoms with van der Waals surface area (Å²) < 4.78 is 49.1. The molecule has 258 valence electrons. The van der Waals surface area contributed by atoms with E-state index in [1.165, 1.54) is 12.2 Å². The van der Waals surface area contributed by atoms with Crippen LogP contribution in [0.2, 0.25) is 0 Å². The van der Waals surface area contributed by atoms with Crippen LogP contribution in [-0.2, 0) is 57.9 Å². The highest BCUT2D eigenvalue weighted by molar-refractivity contribution is 5.88. The van der Waals surface area contributed by atoms with Crippen LogP contribution in [0.1, 0.15) is 37.5 Å². The number of hydrogen-bond donors (Lipinski definition) is 0. The first-order chi connectivity index (χ1) is 23.1. The van der Waals surface area contributed by atoms with Crippen molar-refractivity contribution in [1.29, 1.82) is 0 Å². The monoisotopic (exact) mass is 666 g/mol. The van der Waals surface area contributed by atoms with E-state index in [4.69, 9.17) is 42.6 Å². The number of hydrogen-bond acceptors (Lipinski definition) is 12. The van der Waals surface area contributed by atoms with Crippen LogP contribution < -0.4 is 4.74 Å². The first kappa shape index (κ1) is 36.5. The molecule has 4 atom stereocenters. The quantitative estimate of drug-likeness (QED) is 0.0781. The Morgan fingerprint density at radius 2 is 1.38 bits per heavy atom. The number of carbonyl (C=O) groups is 3. The molecule has 12 heteroatoms. The molecule has 0 aliphatic carbocycles. The van der Waals surface area contributed by atoms with Crippen molar-refractivity contribution in [2.24, 2.45) is 0 Å². The number of methoxy groups -OCH3 is 1. The lowest BCUT2D eigenvalue weighted by Crippen LogP contribution is -2.35. The first-order valence-corrected chi connectivity index (χ1v) is 15.4. The van der Waals surface area contributed by atoms with Gasteiger partial charge in [0.2, 0.25) is 0 Å². The molecule has 4 rings (SSSR count). The lowest BCUT2D eigenvalue weighted by molar-refractivity contribution is -0.168. The second kappa shape index (κ2) is 17.7. The molecule has 2 aromatic carbocycles. The van der Waals surface area contributed by atoms with Gasteiger partial charge in [0.1, 0.15) is 38.0 Å². The Hall–Kier alpha value is -4.33. The summed E-state index contributed by atoms with van der Waals surface area (Å²) in [5.74, 6) is -0.976. The number of ether oxygens (including phenoxy) is 9. The summed E-state index contributed by atoms with van der Waals surface area (Å²) in [6.45, 7) is 9.77. The van der Waals surface area contributed by atoms with Gasteiger partial charge in [-0.1, -0.05) is 43.0 Å². The van der Waals surface area contributed by atoms with Crippen LogP contribution in [-0.4, -0.2) is 89.4 Å². The van der Waals surface area contributed by atoms with Gasteiger partial charge in [-0.05, 0) is 61.7 Å². The predicted molar refractivity (Wildman–Crippen MR) is 173 cm³/mol. The van der Waals surface area contributed by atoms with Crippen molar-refractivity contribution in [1.82, 2.24) is 0 Å². The Balaban J connectivity index is 1.18. The molecule has 1 unspecified atom stereocenters. The summed E-state index contributed by atoms with van der Waals surface area (Å²) in [4.78, 5) is 36.5. The number of benzene rings is 2. The van der Waals surface area contributed by atoms with E-state index >= 15 is 0 Å². The van der Waals surface area contributed by atoms with Gasteiger partial charge in [-0.2, -0.15) is 0 Å². The smallest absolute Gasteiger partial charge is 0.333 e. The zero-order chi connectivity index (χ0) is 34.5. The molecular weight excluding hydrogens is 624 g/mol. The van der Waals surface area contributed by atoms with Crippen molar-refractivity contribution in [2.45, 2.75) is 50.8 Å². The van der Waals surface area contributed by atoms with Gasteiger partial charge in [-0.15, -0.1) is 0 Å². The molecular formula is C36H42O12. The summed E-state index contributed by atoms with van der Waals surface area (Å²) in [6.07, 6.45) is 3.57. The molecule has 2 fully saturated rings. The van der Waals surface area contributed by atoms with Crippen LogP contribution in [0.3, 0.4) is 0 Å². The normalized spacial score (nSPS) is 20.5. The van der Waals surface area contributed by atoms with Crippen LogP contribution >= 0.6 is 0 Å². The summed E-state index contributed by atoms with van der Waals surface area (Å²) in [5, 5.41) is 0. The van der Waals surface area contributed by atoms with Gasteiger partial charge in [-0.25, -0.2) is 14.4 Å². The number of fused-ring (bicyclic) bond motifs is 1. The third kappa shape index (κ3) is 10.9. The van der Waals surface area contributed by atoms with Crippen LogP contribution in [0.4, 0.5) is 0 Å². The van der Waals surface area contributed by atoms with Crippen molar-refractivity contribution >= 4 is 30.1 Å². The van der Waals surface area contributed by atoms with Gasteiger partial charge in [0, 0.05) is 24.8 Å². The maximum absolute atomic E-state index is 12.6. The Morgan fingerprint density at radius 1 is 0.833 bits per heavy atom. The summed E-state index contributed by atoms with van der Waals surface area (Å²) in [6, 6.07) is 14.6. The van der Waals surface area contributed by atoms with E-state index in [0.29, 0.717) is 11.3 Å². The van der Waals surface area contributed by atoms with E-state index in [1.807, 2.05) is 38.1 Å². The molecule has 0 N–H and O–H groups in total. The third-order valence-electron chi connectivity index (χ3n) is 7.45. The highest BCUT2D eigenvalue weighted by atomic mass is 16.7. The highest BCUT2D eigenvalue weighted by Gasteiger charge is 2.51. The molecule has 12 nitrogen and oxygen atoms in total. The molecule has 0 amide bonds. The Labute approximate surface area is 280 Å². The zero-order valence-electron chi connectivity index (χ0n) is 27.6. The molecule has 0 saturated carbocycles. The molecule has 2 heterocycles. The zero-order valence-corrected chi connectivity index (χ0v) is 27.6. The topological polar surface area (TPSA) is 134 Å². The van der Waals surface area contributed by atoms with E-state index in [2.05, 4.69) is 6.58 Å². The van der Waals surface area contributed by atoms with E-state index in [1.54, 1.807) is 50.5 Å². The summed E-state index contributed by atoms with van der Waals surface area (Å²) in [5.41, 5.74) is 2.25. The molecule has 2 aromatic rings. The minimum absolute atomic E-state index is 0.0956. The second-order valence-corrected chi connectivity index (χ2v) is 11.6. The predicted octanol–water partition coefficient (Wildman–Crippen LogP) is 4.36. The van der Waals surface area contributed by atoms with E-state index in [-0.39, 0.29) is 40.0 Å². The van der Waals surface area contributed by atoms with Gasteiger partial charge in [-0.3, -0.25) is 0 Å². The van der Waals surface area contributed by atoms with Crippen LogP contribution in [0.15, 0.2) is 72.8 Å². The van der Waals surface area contributed by atoms with Crippen molar-refractivity contribution in [2.75, 3.05) is 47.1 Å². The van der Waals surface area contributed by atoms with Crippen LogP contribution in [0.25, 0.3) is 12.2 Å². The first-order valence-electron chi connectivity index (χ1n) is 15.4. The van der Waals surface area contributed by atoms with Crippen LogP contribution in [0.5, 0.6) is 5.75 Å². The summed E-state index contributed by atoms with van der Waals surface area (Å²) >= 11 is 0. The SMILES string of the molecule is C=C(C)C(=O)OCCOc1ccc(/C=C/C(=O)O[C@@H]2CO[C@@H]3C(OC(=O)/C=C/c4ccc(C(C)(C)OCOCOC)cc4)CO[C@@H]32)cc1. The fourth-order valence-corrected chi connectivity index (χ4v) is 4.81. The average Bonchev–Trinajstić information content (AvgIpc) is 3.66. The molecule has 0 radical (unpaired) electrons. The van der Waals surface area contributed by atoms with Crippen molar-refractivity contribution < 1.29 is 57.0 Å². The molecule has 0 spiro atoms. The largest absolute Gasteiger partial charge is 0.490 e. The molecule has 0 bridgehead atoms. The minimum atomic E-state index is -0.639. The van der Waals surface area contributed by atoms with Crippen LogP contribution in [0, 0.1) is 0 Å². The van der Waals surface area contributed by atoms with Gasteiger partial charge < -0.3 is 42.6 Å². The lowest BCUT2D eigenvalue weighted by atomic mass is 9.97. The fraction of sp³-hybridized carbons (Fsp3) is 0.417. The molecule has 0 aromatic heterocycles. The van der Waals surface area contributed by atoms with Crippen molar-refractivity contribution in [3.05, 3.63) is 89.5 Å². The molecule has 2 saturated heterocycles. The third-order valence-corrected chi connectivity index (χ3v) is 7.45. The van der Waals surface area contributed by atoms with E-state index < -0.39 is 47.9 Å². The Kier molecular flexibility index (Phi) is 13.5. The maximum atomic E-state index is 12.6. The number of esters is 3. The highest BCUT2D eigenvalue weighted by Crippen LogP contribution is 2.31. The van der Waals surface area contributed by atoms with E-state index in [9.17, 15) is 14.4 Å². The fourth-order valence-electron chi connectivity index (χ4n) is 4.81. The number of carbonyl (C=O) groups excluding carboxylic acids is 3. The molecule has 48 heavy (non-hydrogen) atoms. The minimum Gasteiger partial charge on any atom is -0.490 e. The van der Waals surface area contributed by atoms with E-state index in [0.717, 1.165) is 16.7 Å².